The van der Waals surface area contributed by atoms with Gasteiger partial charge >= 0.3 is 5.97 Å². The van der Waals surface area contributed by atoms with Gasteiger partial charge in [0.25, 0.3) is 0 Å². The van der Waals surface area contributed by atoms with Crippen LogP contribution in [0.15, 0.2) is 24.3 Å². The number of cyclic esters (lactones) is 1. The van der Waals surface area contributed by atoms with Gasteiger partial charge in [-0.2, -0.15) is 0 Å². The van der Waals surface area contributed by atoms with Crippen LogP contribution in [-0.4, -0.2) is 81.1 Å². The Kier molecular flexibility index (Phi) is 6.49. The van der Waals surface area contributed by atoms with Crippen LogP contribution in [0.4, 0.5) is 0 Å². The van der Waals surface area contributed by atoms with E-state index in [2.05, 4.69) is 0 Å². The van der Waals surface area contributed by atoms with E-state index in [4.69, 9.17) is 9.84 Å². The highest BCUT2D eigenvalue weighted by Crippen LogP contribution is 2.60. The fourth-order valence-electron chi connectivity index (χ4n) is 5.44. The number of amides is 2. The van der Waals surface area contributed by atoms with Crippen LogP contribution >= 0.6 is 11.8 Å². The van der Waals surface area contributed by atoms with Gasteiger partial charge in [0.05, 0.1) is 16.6 Å². The number of ether oxygens (including phenoxy) is 1. The first-order chi connectivity index (χ1) is 14.9. The molecule has 1 spiro atoms. The van der Waals surface area contributed by atoms with Crippen molar-refractivity contribution in [3.63, 3.8) is 0 Å². The van der Waals surface area contributed by atoms with Crippen molar-refractivity contribution in [1.29, 1.82) is 0 Å². The summed E-state index contributed by atoms with van der Waals surface area (Å²) in [5.74, 6) is -1.64. The third-order valence-corrected chi connectivity index (χ3v) is 8.62. The predicted molar refractivity (Wildman–Crippen MR) is 118 cm³/mol. The summed E-state index contributed by atoms with van der Waals surface area (Å²) in [5, 5.41) is 8.85. The molecule has 0 saturated carbocycles. The number of aliphatic hydroxyl groups is 1. The average molecular weight is 449 g/mol. The summed E-state index contributed by atoms with van der Waals surface area (Å²) >= 11 is 1.58. The lowest BCUT2D eigenvalue weighted by Crippen LogP contribution is -2.54. The van der Waals surface area contributed by atoms with Gasteiger partial charge in [-0.3, -0.25) is 14.4 Å². The fraction of sp³-hybridized carbons (Fsp3) is 0.696. The molecule has 1 unspecified atom stereocenters. The summed E-state index contributed by atoms with van der Waals surface area (Å²) in [7, 11) is 0. The van der Waals surface area contributed by atoms with Gasteiger partial charge in [-0.15, -0.1) is 11.8 Å². The quantitative estimate of drug-likeness (QED) is 0.363. The summed E-state index contributed by atoms with van der Waals surface area (Å²) in [6.45, 7) is 5.37. The van der Waals surface area contributed by atoms with E-state index >= 15 is 0 Å². The van der Waals surface area contributed by atoms with Gasteiger partial charge in [-0.25, -0.2) is 0 Å². The number of nitrogens with zero attached hydrogens (tertiary/aromatic N) is 2. The van der Waals surface area contributed by atoms with Crippen LogP contribution in [0, 0.1) is 11.8 Å². The van der Waals surface area contributed by atoms with Crippen LogP contribution in [0.2, 0.25) is 0 Å². The van der Waals surface area contributed by atoms with Crippen LogP contribution in [0.1, 0.15) is 39.5 Å². The third-order valence-electron chi connectivity index (χ3n) is 6.88. The molecule has 8 heteroatoms. The molecular weight excluding hydrogens is 416 g/mol. The first kappa shape index (κ1) is 22.4. The minimum atomic E-state index is -0.751. The number of carbonyl (C=O) groups excluding carboxylic acids is 3. The first-order valence-electron chi connectivity index (χ1n) is 11.3. The Morgan fingerprint density at radius 3 is 2.68 bits per heavy atom. The van der Waals surface area contributed by atoms with Crippen LogP contribution in [-0.2, 0) is 19.1 Å². The zero-order valence-corrected chi connectivity index (χ0v) is 19.1. The maximum absolute atomic E-state index is 13.8. The minimum absolute atomic E-state index is 0.0228. The molecule has 0 aromatic heterocycles. The molecule has 0 aromatic carbocycles. The number of fused-ring (bicyclic) bond motifs is 2. The van der Waals surface area contributed by atoms with Crippen molar-refractivity contribution in [2.45, 2.75) is 61.6 Å². The van der Waals surface area contributed by atoms with Crippen molar-refractivity contribution in [1.82, 2.24) is 9.80 Å². The molecular formula is C23H32N2O5S. The number of aliphatic hydroxyl groups excluding tert-OH is 1. The van der Waals surface area contributed by atoms with E-state index in [9.17, 15) is 14.4 Å². The molecule has 0 aromatic rings. The zero-order valence-electron chi connectivity index (χ0n) is 18.2. The monoisotopic (exact) mass is 448 g/mol. The van der Waals surface area contributed by atoms with Crippen molar-refractivity contribution < 1.29 is 24.2 Å². The molecule has 4 aliphatic rings. The third kappa shape index (κ3) is 3.71. The highest BCUT2D eigenvalue weighted by molar-refractivity contribution is 8.02. The van der Waals surface area contributed by atoms with Gasteiger partial charge in [-0.1, -0.05) is 37.1 Å². The van der Waals surface area contributed by atoms with Gasteiger partial charge in [0.15, 0.2) is 0 Å². The average Bonchev–Trinajstić information content (AvgIpc) is 3.02. The summed E-state index contributed by atoms with van der Waals surface area (Å²) in [5.41, 5.74) is 0. The summed E-state index contributed by atoms with van der Waals surface area (Å²) in [6, 6.07) is -0.586. The molecule has 2 saturated heterocycles. The highest BCUT2D eigenvalue weighted by atomic mass is 32.2. The Morgan fingerprint density at radius 1 is 1.16 bits per heavy atom. The lowest BCUT2D eigenvalue weighted by atomic mass is 9.78. The Hall–Kier alpha value is -1.80. The van der Waals surface area contributed by atoms with E-state index in [1.54, 1.807) is 16.7 Å². The first-order valence-corrected chi connectivity index (χ1v) is 12.2. The molecule has 1 N–H and O–H groups in total. The second kappa shape index (κ2) is 8.98. The number of likely N-dealkylation sites (tertiary alicyclic amines) is 1. The largest absolute Gasteiger partial charge is 0.461 e. The molecule has 4 aliphatic heterocycles. The predicted octanol–water partition coefficient (Wildman–Crippen LogP) is 1.76. The molecule has 0 radical (unpaired) electrons. The smallest absolute Gasteiger partial charge is 0.311 e. The highest BCUT2D eigenvalue weighted by Gasteiger charge is 2.71. The Balaban J connectivity index is 1.70. The molecule has 0 aliphatic carbocycles. The molecule has 2 fully saturated rings. The second-order valence-electron chi connectivity index (χ2n) is 9.06. The standard InChI is InChI=1S/C23H32N2O5S/c1-15(2)24-12-8-10-23-18(17-16(31-23)9-7-14-30-22(17)29)20(27)25(19(23)21(24)28)11-5-3-4-6-13-26/h7-10,15-19,26H,3-6,11-14H2,1-2H3/t16-,17+,18+,19?,23+/m1/s1. The Morgan fingerprint density at radius 2 is 1.94 bits per heavy atom. The van der Waals surface area contributed by atoms with Crippen molar-refractivity contribution in [3.8, 4) is 0 Å². The van der Waals surface area contributed by atoms with Crippen molar-refractivity contribution in [3.05, 3.63) is 24.3 Å². The summed E-state index contributed by atoms with van der Waals surface area (Å²) < 4.78 is 4.62. The minimum Gasteiger partial charge on any atom is -0.461 e. The Labute approximate surface area is 187 Å². The second-order valence-corrected chi connectivity index (χ2v) is 10.5. The van der Waals surface area contributed by atoms with E-state index in [1.165, 1.54) is 0 Å². The number of thioether (sulfide) groups is 1. The molecule has 5 atom stereocenters. The molecule has 31 heavy (non-hydrogen) atoms. The zero-order chi connectivity index (χ0) is 22.2. The van der Waals surface area contributed by atoms with Crippen molar-refractivity contribution in [2.75, 3.05) is 26.3 Å². The van der Waals surface area contributed by atoms with Crippen LogP contribution in [0.25, 0.3) is 0 Å². The summed E-state index contributed by atoms with van der Waals surface area (Å²) in [4.78, 5) is 43.9. The van der Waals surface area contributed by atoms with Crippen LogP contribution < -0.4 is 0 Å². The summed E-state index contributed by atoms with van der Waals surface area (Å²) in [6.07, 6.45) is 11.1. The van der Waals surface area contributed by atoms with Crippen LogP contribution in [0.5, 0.6) is 0 Å². The number of esters is 1. The number of hydrogen-bond donors (Lipinski definition) is 1. The lowest BCUT2D eigenvalue weighted by Gasteiger charge is -2.36. The molecule has 2 amide bonds. The normalized spacial score (nSPS) is 34.5. The van der Waals surface area contributed by atoms with E-state index in [0.29, 0.717) is 13.1 Å². The topological polar surface area (TPSA) is 87.2 Å². The van der Waals surface area contributed by atoms with Crippen LogP contribution in [0.3, 0.4) is 0 Å². The Bertz CT molecular complexity index is 797. The molecule has 7 nitrogen and oxygen atoms in total. The van der Waals surface area contributed by atoms with Gasteiger partial charge < -0.3 is 19.6 Å². The van der Waals surface area contributed by atoms with E-state index in [1.807, 2.05) is 43.1 Å². The molecule has 0 bridgehead atoms. The molecule has 4 heterocycles. The van der Waals surface area contributed by atoms with Gasteiger partial charge in [-0.05, 0) is 26.7 Å². The van der Waals surface area contributed by atoms with E-state index in [0.717, 1.165) is 25.7 Å². The lowest BCUT2D eigenvalue weighted by molar-refractivity contribution is -0.151. The van der Waals surface area contributed by atoms with E-state index < -0.39 is 22.6 Å². The SMILES string of the molecule is CC(C)N1CC=C[C@]23S[C@@H]4C=CCOC(=O)[C@@H]4[C@H]2C(=O)N(CCCCCCO)C3C1=O. The van der Waals surface area contributed by atoms with Gasteiger partial charge in [0.1, 0.15) is 12.6 Å². The molecule has 170 valence electrons. The van der Waals surface area contributed by atoms with Crippen molar-refractivity contribution >= 4 is 29.5 Å². The number of hydrogen-bond acceptors (Lipinski definition) is 6. The van der Waals surface area contributed by atoms with Crippen molar-refractivity contribution in [2.24, 2.45) is 11.8 Å². The number of rotatable bonds is 7. The molecule has 4 rings (SSSR count). The van der Waals surface area contributed by atoms with E-state index in [-0.39, 0.29) is 42.3 Å². The maximum Gasteiger partial charge on any atom is 0.311 e. The maximum atomic E-state index is 13.8. The number of carbonyl (C=O) groups is 3. The van der Waals surface area contributed by atoms with Gasteiger partial charge in [0.2, 0.25) is 11.8 Å². The number of unbranched alkanes of at least 4 members (excludes halogenated alkanes) is 3. The fourth-order valence-corrected chi connectivity index (χ4v) is 7.44. The van der Waals surface area contributed by atoms with Gasteiger partial charge in [0, 0.05) is 31.0 Å².